The highest BCUT2D eigenvalue weighted by atomic mass is 16.5. The molecule has 476 valence electrons. The van der Waals surface area contributed by atoms with Gasteiger partial charge in [-0.25, -0.2) is 0 Å². The Bertz CT molecular complexity index is 3380. The van der Waals surface area contributed by atoms with E-state index in [9.17, 15) is 51.1 Å². The van der Waals surface area contributed by atoms with Gasteiger partial charge in [-0.2, -0.15) is 0 Å². The summed E-state index contributed by atoms with van der Waals surface area (Å²) in [5.41, 5.74) is 7.64. The Labute approximate surface area is 526 Å². The number of benzene rings is 8. The predicted octanol–water partition coefficient (Wildman–Crippen LogP) is 14.5. The number of phenols is 10. The predicted molar refractivity (Wildman–Crippen MR) is 345 cm³/mol. The van der Waals surface area contributed by atoms with E-state index in [0.29, 0.717) is 175 Å². The average molecular weight is 1230 g/mol. The summed E-state index contributed by atoms with van der Waals surface area (Å²) in [7, 11) is 0. The first-order valence-electron chi connectivity index (χ1n) is 31.3. The molecule has 16 bridgehead atoms. The highest BCUT2D eigenvalue weighted by Gasteiger charge is 2.27. The molecule has 0 unspecified atom stereocenters. The fourth-order valence-electron chi connectivity index (χ4n) is 12.0. The molecule has 10 N–H and O–H groups in total. The zero-order chi connectivity index (χ0) is 64.2. The first kappa shape index (κ1) is 65.0. The third kappa shape index (κ3) is 15.5. The van der Waals surface area contributed by atoms with Crippen LogP contribution in [0.1, 0.15) is 169 Å². The molecular formula is C74H84O16. The van der Waals surface area contributed by atoms with Gasteiger partial charge in [0.25, 0.3) is 0 Å². The monoisotopic (exact) mass is 1230 g/mol. The third-order valence-electron chi connectivity index (χ3n) is 15.6. The van der Waals surface area contributed by atoms with Gasteiger partial charge >= 0.3 is 0 Å². The first-order chi connectivity index (χ1) is 43.4. The summed E-state index contributed by atoms with van der Waals surface area (Å²) in [4.78, 5) is 0. The Morgan fingerprint density at radius 3 is 0.433 bits per heavy atom. The Morgan fingerprint density at radius 1 is 0.200 bits per heavy atom. The highest BCUT2D eigenvalue weighted by Crippen LogP contribution is 2.46. The molecule has 0 amide bonds. The van der Waals surface area contributed by atoms with Gasteiger partial charge in [0.05, 0.1) is 39.6 Å². The van der Waals surface area contributed by atoms with Crippen molar-refractivity contribution in [2.24, 2.45) is 0 Å². The number of hydrogen-bond acceptors (Lipinski definition) is 16. The molecule has 0 aliphatic heterocycles. The lowest BCUT2D eigenvalue weighted by molar-refractivity contribution is 0.305. The van der Waals surface area contributed by atoms with Crippen molar-refractivity contribution in [2.75, 3.05) is 39.6 Å². The first-order valence-corrected chi connectivity index (χ1v) is 31.3. The third-order valence-corrected chi connectivity index (χ3v) is 15.6. The summed E-state index contributed by atoms with van der Waals surface area (Å²) in [6.45, 7) is 13.6. The van der Waals surface area contributed by atoms with Crippen LogP contribution in [-0.4, -0.2) is 90.7 Å². The van der Waals surface area contributed by atoms with Crippen LogP contribution in [0.4, 0.5) is 0 Å². The number of fused-ring (bicyclic) bond motifs is 16. The lowest BCUT2D eigenvalue weighted by atomic mass is 9.90. The van der Waals surface area contributed by atoms with E-state index in [1.807, 2.05) is 41.5 Å². The van der Waals surface area contributed by atoms with E-state index in [2.05, 4.69) is 0 Å². The van der Waals surface area contributed by atoms with Gasteiger partial charge in [-0.3, -0.25) is 0 Å². The van der Waals surface area contributed by atoms with Gasteiger partial charge in [0.1, 0.15) is 92.0 Å². The largest absolute Gasteiger partial charge is 0.508 e. The summed E-state index contributed by atoms with van der Waals surface area (Å²) >= 11 is 0. The molecule has 9 rings (SSSR count). The van der Waals surface area contributed by atoms with Gasteiger partial charge in [0.2, 0.25) is 0 Å². The summed E-state index contributed by atoms with van der Waals surface area (Å²) in [6, 6.07) is 24.9. The summed E-state index contributed by atoms with van der Waals surface area (Å²) < 4.78 is 39.4. The molecule has 16 nitrogen and oxygen atoms in total. The van der Waals surface area contributed by atoms with Gasteiger partial charge in [-0.15, -0.1) is 0 Å². The zero-order valence-corrected chi connectivity index (χ0v) is 52.3. The van der Waals surface area contributed by atoms with Crippen LogP contribution >= 0.6 is 0 Å². The van der Waals surface area contributed by atoms with E-state index in [1.165, 1.54) is 24.3 Å². The summed E-state index contributed by atoms with van der Waals surface area (Å²) in [6.07, 6.45) is 4.12. The lowest BCUT2D eigenvalue weighted by Crippen LogP contribution is -2.09. The second kappa shape index (κ2) is 29.7. The van der Waals surface area contributed by atoms with E-state index >= 15 is 0 Å². The Balaban J connectivity index is 1.28. The second-order valence-corrected chi connectivity index (χ2v) is 23.3. The zero-order valence-electron chi connectivity index (χ0n) is 52.3. The van der Waals surface area contributed by atoms with E-state index in [0.717, 1.165) is 0 Å². The molecule has 0 radical (unpaired) electrons. The van der Waals surface area contributed by atoms with Gasteiger partial charge in [-0.05, 0) is 136 Å². The van der Waals surface area contributed by atoms with Crippen LogP contribution in [0.25, 0.3) is 0 Å². The Hall–Kier alpha value is -9.44. The lowest BCUT2D eigenvalue weighted by Gasteiger charge is -2.22. The van der Waals surface area contributed by atoms with Crippen molar-refractivity contribution in [2.45, 2.75) is 131 Å². The van der Waals surface area contributed by atoms with Crippen LogP contribution in [0.5, 0.6) is 92.0 Å². The van der Waals surface area contributed by atoms with E-state index in [4.69, 9.17) is 28.4 Å². The van der Waals surface area contributed by atoms with Crippen LogP contribution in [0, 0.1) is 0 Å². The fraction of sp³-hybridized carbons (Fsp3) is 0.351. The van der Waals surface area contributed by atoms with Crippen LogP contribution in [0.2, 0.25) is 0 Å². The standard InChI is InChI=1S/C74H84O16/c1-7-13-85-69-47-19-43-27-59(75)28-44(67(43)83)20-48-32-62(78)37-53(70(48)86-14-8-2)25-57-41-66(82)42-58(74(57)90-18-12-6)26-54-38-64(80)34-50(72(54)88-16-10-4)22-46-30-60(76)29-45(68(46)84)21-49-33-63(79)36-52(71(49)87-15-9-3)24-56-40-65(81)39-55(73(56)89-17-11-5)23-51(69)35-61(77)31-47/h27-42,75-84H,7-26H2,1-6H3. The van der Waals surface area contributed by atoms with Crippen LogP contribution in [-0.2, 0) is 51.4 Å². The number of aromatic hydroxyl groups is 10. The molecule has 0 spiro atoms. The summed E-state index contributed by atoms with van der Waals surface area (Å²) in [5, 5.41) is 117. The molecule has 8 aromatic rings. The van der Waals surface area contributed by atoms with Crippen LogP contribution in [0.3, 0.4) is 0 Å². The molecule has 0 atom stereocenters. The van der Waals surface area contributed by atoms with E-state index in [1.54, 1.807) is 72.8 Å². The minimum atomic E-state index is -0.145. The summed E-state index contributed by atoms with van der Waals surface area (Å²) in [5.74, 6) is 1.46. The quantitative estimate of drug-likeness (QED) is 0.0358. The molecule has 0 saturated heterocycles. The molecule has 0 heterocycles. The van der Waals surface area contributed by atoms with Crippen LogP contribution in [0.15, 0.2) is 97.1 Å². The molecule has 16 heteroatoms. The molecule has 90 heavy (non-hydrogen) atoms. The maximum Gasteiger partial charge on any atom is 0.126 e. The van der Waals surface area contributed by atoms with E-state index < -0.39 is 0 Å². The van der Waals surface area contributed by atoms with Crippen molar-refractivity contribution < 1.29 is 79.5 Å². The number of rotatable bonds is 18. The maximum atomic E-state index is 12.4. The average Bonchev–Trinajstić information content (AvgIpc) is 0.918. The highest BCUT2D eigenvalue weighted by molar-refractivity contribution is 5.63. The molecule has 0 saturated carbocycles. The van der Waals surface area contributed by atoms with Gasteiger partial charge < -0.3 is 79.5 Å². The molecule has 8 aromatic carbocycles. The normalized spacial score (nSPS) is 12.5. The molecule has 1 aliphatic carbocycles. The number of hydrogen-bond donors (Lipinski definition) is 10. The molecule has 1 aliphatic rings. The molecule has 0 fully saturated rings. The van der Waals surface area contributed by atoms with Crippen molar-refractivity contribution in [1.82, 2.24) is 0 Å². The van der Waals surface area contributed by atoms with Crippen molar-refractivity contribution in [3.05, 3.63) is 186 Å². The smallest absolute Gasteiger partial charge is 0.126 e. The van der Waals surface area contributed by atoms with Gasteiger partial charge in [0, 0.05) is 140 Å². The number of ether oxygens (including phenoxy) is 6. The van der Waals surface area contributed by atoms with Crippen LogP contribution < -0.4 is 28.4 Å². The molecular weight excluding hydrogens is 1140 g/mol. The Morgan fingerprint density at radius 2 is 0.311 bits per heavy atom. The second-order valence-electron chi connectivity index (χ2n) is 23.3. The fourth-order valence-corrected chi connectivity index (χ4v) is 12.0. The van der Waals surface area contributed by atoms with E-state index in [-0.39, 0.29) is 135 Å². The van der Waals surface area contributed by atoms with Gasteiger partial charge in [0.15, 0.2) is 0 Å². The SMILES string of the molecule is CCCOc1c2cc(O)cc1Cc1cc(O)cc(c1OCCC)Cc1cc(O)cc(c1OCCC)Cc1cc(O)cc(c1O)Cc1cc(O)cc(c1OCCC)Cc1cc(O)cc(c1OCCC)Cc1cc(O)cc(c1OCCC)Cc1cc(O)cc(c1O)C2. The number of phenolic OH excluding ortho intramolecular Hbond substituents is 10. The molecule has 0 aromatic heterocycles. The minimum absolute atomic E-state index is 0.0127. The van der Waals surface area contributed by atoms with Gasteiger partial charge in [-0.1, -0.05) is 41.5 Å². The van der Waals surface area contributed by atoms with Crippen molar-refractivity contribution >= 4 is 0 Å². The van der Waals surface area contributed by atoms with Crippen molar-refractivity contribution in [1.29, 1.82) is 0 Å². The topological polar surface area (TPSA) is 258 Å². The van der Waals surface area contributed by atoms with Crippen molar-refractivity contribution in [3.63, 3.8) is 0 Å². The minimum Gasteiger partial charge on any atom is -0.508 e. The maximum absolute atomic E-state index is 12.4. The Kier molecular flexibility index (Phi) is 21.5. The van der Waals surface area contributed by atoms with Crippen molar-refractivity contribution in [3.8, 4) is 92.0 Å².